The number of carboxylic acid groups (broad SMARTS) is 1. The summed E-state index contributed by atoms with van der Waals surface area (Å²) in [5.74, 6) is -0.879. The van der Waals surface area contributed by atoms with Crippen LogP contribution in [0.15, 0.2) is 42.6 Å². The number of likely N-dealkylation sites (tertiary alicyclic amines) is 1. The molecule has 0 atom stereocenters. The number of aromatic carboxylic acids is 1. The Morgan fingerprint density at radius 2 is 1.74 bits per heavy atom. The minimum absolute atomic E-state index is 0.336. The molecule has 1 aromatic rings. The van der Waals surface area contributed by atoms with Crippen LogP contribution in [0, 0.1) is 0 Å². The maximum absolute atomic E-state index is 10.8. The summed E-state index contributed by atoms with van der Waals surface area (Å²) >= 11 is 0. The molecule has 0 aliphatic carbocycles. The summed E-state index contributed by atoms with van der Waals surface area (Å²) in [5, 5.41) is 8.89. The SMILES string of the molecule is BC(=C1CCN(C=C)CC1)c1ccc(C(=O)O)cc1. The number of hydrogen-bond donors (Lipinski definition) is 1. The molecule has 0 saturated carbocycles. The van der Waals surface area contributed by atoms with E-state index >= 15 is 0 Å². The molecule has 1 aromatic carbocycles. The first-order valence-corrected chi connectivity index (χ1v) is 6.51. The molecule has 3 nitrogen and oxygen atoms in total. The fourth-order valence-corrected chi connectivity index (χ4v) is 2.42. The molecule has 98 valence electrons. The molecule has 1 aliphatic heterocycles. The number of piperidine rings is 1. The smallest absolute Gasteiger partial charge is 0.335 e. The van der Waals surface area contributed by atoms with Gasteiger partial charge >= 0.3 is 5.97 Å². The molecular formula is C15H18BNO2. The average molecular weight is 255 g/mol. The number of carbonyl (C=O) groups is 1. The van der Waals surface area contributed by atoms with Crippen molar-refractivity contribution >= 4 is 19.3 Å². The quantitative estimate of drug-likeness (QED) is 0.839. The van der Waals surface area contributed by atoms with Gasteiger partial charge < -0.3 is 10.0 Å². The van der Waals surface area contributed by atoms with Crippen molar-refractivity contribution in [3.05, 3.63) is 53.7 Å². The Morgan fingerprint density at radius 3 is 2.21 bits per heavy atom. The van der Waals surface area contributed by atoms with Crippen LogP contribution in [0.5, 0.6) is 0 Å². The van der Waals surface area contributed by atoms with Gasteiger partial charge in [-0.1, -0.05) is 29.8 Å². The van der Waals surface area contributed by atoms with Gasteiger partial charge in [0.2, 0.25) is 0 Å². The highest BCUT2D eigenvalue weighted by molar-refractivity contribution is 6.42. The Labute approximate surface area is 114 Å². The third kappa shape index (κ3) is 3.08. The Bertz CT molecular complexity index is 509. The van der Waals surface area contributed by atoms with Crippen LogP contribution in [0.2, 0.25) is 0 Å². The monoisotopic (exact) mass is 255 g/mol. The lowest BCUT2D eigenvalue weighted by molar-refractivity contribution is 0.0697. The van der Waals surface area contributed by atoms with Crippen molar-refractivity contribution < 1.29 is 9.90 Å². The molecule has 0 aromatic heterocycles. The molecule has 0 amide bonds. The fourth-order valence-electron chi connectivity index (χ4n) is 2.42. The van der Waals surface area contributed by atoms with Gasteiger partial charge in [0.05, 0.1) is 5.56 Å². The molecule has 0 spiro atoms. The van der Waals surface area contributed by atoms with Crippen LogP contribution in [0.3, 0.4) is 0 Å². The summed E-state index contributed by atoms with van der Waals surface area (Å²) < 4.78 is 0. The topological polar surface area (TPSA) is 40.5 Å². The lowest BCUT2D eigenvalue weighted by Crippen LogP contribution is -2.25. The maximum Gasteiger partial charge on any atom is 0.335 e. The highest BCUT2D eigenvalue weighted by Gasteiger charge is 2.13. The van der Waals surface area contributed by atoms with Gasteiger partial charge in [-0.3, -0.25) is 0 Å². The van der Waals surface area contributed by atoms with E-state index in [0.29, 0.717) is 5.56 Å². The molecule has 19 heavy (non-hydrogen) atoms. The number of rotatable bonds is 3. The predicted octanol–water partition coefficient (Wildman–Crippen LogP) is 1.97. The normalized spacial score (nSPS) is 15.2. The molecule has 1 N–H and O–H groups in total. The van der Waals surface area contributed by atoms with Crippen LogP contribution in [0.25, 0.3) is 5.47 Å². The summed E-state index contributed by atoms with van der Waals surface area (Å²) in [4.78, 5) is 13.1. The van der Waals surface area contributed by atoms with Crippen LogP contribution in [-0.2, 0) is 0 Å². The van der Waals surface area contributed by atoms with E-state index < -0.39 is 5.97 Å². The van der Waals surface area contributed by atoms with Gasteiger partial charge in [0.1, 0.15) is 7.85 Å². The summed E-state index contributed by atoms with van der Waals surface area (Å²) in [6.45, 7) is 5.83. The van der Waals surface area contributed by atoms with Crippen molar-refractivity contribution in [2.24, 2.45) is 0 Å². The zero-order chi connectivity index (χ0) is 13.8. The zero-order valence-corrected chi connectivity index (χ0v) is 11.2. The van der Waals surface area contributed by atoms with Crippen LogP contribution in [0.1, 0.15) is 28.8 Å². The van der Waals surface area contributed by atoms with E-state index in [0.717, 1.165) is 31.5 Å². The van der Waals surface area contributed by atoms with Crippen molar-refractivity contribution in [3.63, 3.8) is 0 Å². The molecule has 1 fully saturated rings. The van der Waals surface area contributed by atoms with Gasteiger partial charge in [0.25, 0.3) is 0 Å². The summed E-state index contributed by atoms with van der Waals surface area (Å²) in [5.41, 5.74) is 4.19. The molecule has 0 bridgehead atoms. The predicted molar refractivity (Wildman–Crippen MR) is 79.9 cm³/mol. The number of nitrogens with zero attached hydrogens (tertiary/aromatic N) is 1. The van der Waals surface area contributed by atoms with Crippen molar-refractivity contribution in [3.8, 4) is 0 Å². The van der Waals surface area contributed by atoms with E-state index in [2.05, 4.69) is 19.3 Å². The number of hydrogen-bond acceptors (Lipinski definition) is 2. The summed E-state index contributed by atoms with van der Waals surface area (Å²) in [6.07, 6.45) is 4.00. The van der Waals surface area contributed by atoms with Gasteiger partial charge in [0, 0.05) is 13.1 Å². The standard InChI is InChI=1S/C15H18BNO2/c1-2-17-9-7-12(8-10-17)14(16)11-3-5-13(6-4-11)15(18)19/h2-6H,1,7-10,16H2,(H,18,19). The molecule has 1 saturated heterocycles. The van der Waals surface area contributed by atoms with Gasteiger partial charge in [0.15, 0.2) is 0 Å². The van der Waals surface area contributed by atoms with Crippen LogP contribution in [-0.4, -0.2) is 36.9 Å². The van der Waals surface area contributed by atoms with Crippen molar-refractivity contribution in [1.29, 1.82) is 0 Å². The minimum atomic E-state index is -0.879. The highest BCUT2D eigenvalue weighted by Crippen LogP contribution is 2.24. The van der Waals surface area contributed by atoms with Crippen molar-refractivity contribution in [2.75, 3.05) is 13.1 Å². The van der Waals surface area contributed by atoms with E-state index in [1.165, 1.54) is 11.0 Å². The molecule has 1 aliphatic rings. The fraction of sp³-hybridized carbons (Fsp3) is 0.267. The van der Waals surface area contributed by atoms with E-state index in [-0.39, 0.29) is 0 Å². The zero-order valence-electron chi connectivity index (χ0n) is 11.2. The average Bonchev–Trinajstić information content (AvgIpc) is 2.46. The third-order valence-electron chi connectivity index (χ3n) is 3.75. The maximum atomic E-state index is 10.8. The van der Waals surface area contributed by atoms with E-state index in [9.17, 15) is 4.79 Å². The highest BCUT2D eigenvalue weighted by atomic mass is 16.4. The van der Waals surface area contributed by atoms with E-state index in [4.69, 9.17) is 5.11 Å². The largest absolute Gasteiger partial charge is 0.478 e. The van der Waals surface area contributed by atoms with Crippen LogP contribution >= 0.6 is 0 Å². The Morgan fingerprint density at radius 1 is 1.21 bits per heavy atom. The lowest BCUT2D eigenvalue weighted by atomic mass is 9.81. The molecule has 1 heterocycles. The second-order valence-corrected chi connectivity index (χ2v) is 4.83. The van der Waals surface area contributed by atoms with Crippen molar-refractivity contribution in [1.82, 2.24) is 4.90 Å². The van der Waals surface area contributed by atoms with Crippen molar-refractivity contribution in [2.45, 2.75) is 12.8 Å². The third-order valence-corrected chi connectivity index (χ3v) is 3.75. The first kappa shape index (κ1) is 13.5. The Kier molecular flexibility index (Phi) is 4.10. The lowest BCUT2D eigenvalue weighted by Gasteiger charge is -2.28. The molecule has 2 rings (SSSR count). The first-order valence-electron chi connectivity index (χ1n) is 6.51. The Hall–Kier alpha value is -1.97. The second kappa shape index (κ2) is 5.78. The van der Waals surface area contributed by atoms with Crippen LogP contribution < -0.4 is 0 Å². The summed E-state index contributed by atoms with van der Waals surface area (Å²) in [6, 6.07) is 7.12. The van der Waals surface area contributed by atoms with Gasteiger partial charge in [-0.2, -0.15) is 0 Å². The van der Waals surface area contributed by atoms with Gasteiger partial charge in [-0.05, 0) is 36.7 Å². The first-order chi connectivity index (χ1) is 9.11. The minimum Gasteiger partial charge on any atom is -0.478 e. The molecular weight excluding hydrogens is 237 g/mol. The number of carboxylic acids is 1. The van der Waals surface area contributed by atoms with Crippen LogP contribution in [0.4, 0.5) is 0 Å². The molecule has 0 radical (unpaired) electrons. The van der Waals surface area contributed by atoms with Gasteiger partial charge in [-0.25, -0.2) is 4.79 Å². The summed E-state index contributed by atoms with van der Waals surface area (Å²) in [7, 11) is 2.12. The van der Waals surface area contributed by atoms with E-state index in [1.807, 2.05) is 18.3 Å². The molecule has 0 unspecified atom stereocenters. The second-order valence-electron chi connectivity index (χ2n) is 4.83. The molecule has 4 heteroatoms. The van der Waals surface area contributed by atoms with Gasteiger partial charge in [-0.15, -0.1) is 0 Å². The van der Waals surface area contributed by atoms with E-state index in [1.54, 1.807) is 12.1 Å². The number of benzene rings is 1. The Balaban J connectivity index is 2.17.